The van der Waals surface area contributed by atoms with Gasteiger partial charge in [0.15, 0.2) is 0 Å². The first-order valence-electron chi connectivity index (χ1n) is 9.66. The Kier molecular flexibility index (Phi) is 6.79. The molecule has 1 heterocycles. The highest BCUT2D eigenvalue weighted by molar-refractivity contribution is 5.68. The lowest BCUT2D eigenvalue weighted by Gasteiger charge is -2.33. The van der Waals surface area contributed by atoms with Crippen molar-refractivity contribution in [1.29, 1.82) is 0 Å². The van der Waals surface area contributed by atoms with Gasteiger partial charge >= 0.3 is 6.09 Å². The van der Waals surface area contributed by atoms with E-state index >= 15 is 0 Å². The van der Waals surface area contributed by atoms with E-state index in [1.165, 1.54) is 0 Å². The number of carbonyl (C=O) groups is 1. The molecule has 0 radical (unpaired) electrons. The number of nitrogens with zero attached hydrogens (tertiary/aromatic N) is 1. The third kappa shape index (κ3) is 6.11. The molecule has 2 N–H and O–H groups in total. The summed E-state index contributed by atoms with van der Waals surface area (Å²) in [7, 11) is 0. The Morgan fingerprint density at radius 2 is 1.92 bits per heavy atom. The summed E-state index contributed by atoms with van der Waals surface area (Å²) in [5, 5.41) is 0. The molecule has 1 saturated heterocycles. The monoisotopic (exact) mass is 362 g/mol. The van der Waals surface area contributed by atoms with Crippen molar-refractivity contribution in [2.45, 2.75) is 65.4 Å². The first-order valence-corrected chi connectivity index (χ1v) is 9.66. The van der Waals surface area contributed by atoms with Gasteiger partial charge in [0.05, 0.1) is 6.61 Å². The highest BCUT2D eigenvalue weighted by atomic mass is 16.6. The Balaban J connectivity index is 1.77. The van der Waals surface area contributed by atoms with Crippen molar-refractivity contribution in [1.82, 2.24) is 4.90 Å². The zero-order valence-corrected chi connectivity index (χ0v) is 16.9. The molecule has 5 nitrogen and oxygen atoms in total. The van der Waals surface area contributed by atoms with Gasteiger partial charge in [0.1, 0.15) is 11.4 Å². The molecule has 0 saturated carbocycles. The summed E-state index contributed by atoms with van der Waals surface area (Å²) in [6.07, 6.45) is 2.81. The van der Waals surface area contributed by atoms with Crippen LogP contribution >= 0.6 is 0 Å². The molecule has 0 aliphatic carbocycles. The SMILES string of the molecule is CC(C)c1cc(N)ccc1OCCC1CCN(C(=O)OC(C)(C)C)CC1. The number of nitrogens with two attached hydrogens (primary N) is 1. The molecule has 0 spiro atoms. The lowest BCUT2D eigenvalue weighted by Crippen LogP contribution is -2.41. The average molecular weight is 363 g/mol. The number of anilines is 1. The molecule has 0 bridgehead atoms. The molecule has 2 rings (SSSR count). The van der Waals surface area contributed by atoms with E-state index in [1.54, 1.807) is 0 Å². The normalized spacial score (nSPS) is 16.0. The van der Waals surface area contributed by atoms with Crippen molar-refractivity contribution in [3.8, 4) is 5.75 Å². The average Bonchev–Trinajstić information content (AvgIpc) is 2.55. The largest absolute Gasteiger partial charge is 0.493 e. The molecule has 26 heavy (non-hydrogen) atoms. The van der Waals surface area contributed by atoms with Gasteiger partial charge in [-0.05, 0) is 75.6 Å². The maximum Gasteiger partial charge on any atom is 0.410 e. The fourth-order valence-corrected chi connectivity index (χ4v) is 3.22. The molecule has 1 aromatic carbocycles. The van der Waals surface area contributed by atoms with E-state index in [4.69, 9.17) is 15.2 Å². The zero-order chi connectivity index (χ0) is 19.3. The van der Waals surface area contributed by atoms with Crippen molar-refractivity contribution >= 4 is 11.8 Å². The van der Waals surface area contributed by atoms with Crippen LogP contribution in [0.4, 0.5) is 10.5 Å². The topological polar surface area (TPSA) is 64.8 Å². The number of hydrogen-bond donors (Lipinski definition) is 1. The molecule has 1 aliphatic rings. The quantitative estimate of drug-likeness (QED) is 0.764. The molecule has 0 unspecified atom stereocenters. The van der Waals surface area contributed by atoms with Crippen LogP contribution in [-0.2, 0) is 4.74 Å². The van der Waals surface area contributed by atoms with E-state index in [9.17, 15) is 4.79 Å². The fraction of sp³-hybridized carbons (Fsp3) is 0.667. The maximum atomic E-state index is 12.1. The summed E-state index contributed by atoms with van der Waals surface area (Å²) in [5.41, 5.74) is 7.38. The van der Waals surface area contributed by atoms with E-state index in [0.717, 1.165) is 49.4 Å². The van der Waals surface area contributed by atoms with Crippen LogP contribution in [0.5, 0.6) is 5.75 Å². The van der Waals surface area contributed by atoms with Crippen LogP contribution in [0.1, 0.15) is 65.4 Å². The Hall–Kier alpha value is -1.91. The number of rotatable bonds is 5. The fourth-order valence-electron chi connectivity index (χ4n) is 3.22. The van der Waals surface area contributed by atoms with Gasteiger partial charge in [0, 0.05) is 18.8 Å². The number of benzene rings is 1. The third-order valence-corrected chi connectivity index (χ3v) is 4.71. The molecule has 1 fully saturated rings. The minimum atomic E-state index is -0.436. The van der Waals surface area contributed by atoms with Crippen LogP contribution in [0, 0.1) is 5.92 Å². The van der Waals surface area contributed by atoms with Crippen molar-refractivity contribution < 1.29 is 14.3 Å². The van der Waals surface area contributed by atoms with Gasteiger partial charge < -0.3 is 20.1 Å². The van der Waals surface area contributed by atoms with Gasteiger partial charge in [0.2, 0.25) is 0 Å². The van der Waals surface area contributed by atoms with Gasteiger partial charge in [-0.3, -0.25) is 0 Å². The Morgan fingerprint density at radius 3 is 2.50 bits per heavy atom. The molecular weight excluding hydrogens is 328 g/mol. The van der Waals surface area contributed by atoms with E-state index < -0.39 is 5.60 Å². The summed E-state index contributed by atoms with van der Waals surface area (Å²) >= 11 is 0. The van der Waals surface area contributed by atoms with Crippen molar-refractivity contribution in [3.05, 3.63) is 23.8 Å². The summed E-state index contributed by atoms with van der Waals surface area (Å²) in [6, 6.07) is 5.86. The Morgan fingerprint density at radius 1 is 1.27 bits per heavy atom. The molecule has 0 atom stereocenters. The molecule has 0 aromatic heterocycles. The van der Waals surface area contributed by atoms with Gasteiger partial charge in [-0.25, -0.2) is 4.79 Å². The van der Waals surface area contributed by atoms with Crippen molar-refractivity contribution in [3.63, 3.8) is 0 Å². The smallest absolute Gasteiger partial charge is 0.410 e. The number of hydrogen-bond acceptors (Lipinski definition) is 4. The van der Waals surface area contributed by atoms with Gasteiger partial charge in [0.25, 0.3) is 0 Å². The lowest BCUT2D eigenvalue weighted by molar-refractivity contribution is 0.0177. The van der Waals surface area contributed by atoms with Gasteiger partial charge in [-0.2, -0.15) is 0 Å². The van der Waals surface area contributed by atoms with Gasteiger partial charge in [-0.1, -0.05) is 13.8 Å². The van der Waals surface area contributed by atoms with Crippen LogP contribution in [0.3, 0.4) is 0 Å². The molecule has 146 valence electrons. The summed E-state index contributed by atoms with van der Waals surface area (Å²) < 4.78 is 11.5. The van der Waals surface area contributed by atoms with E-state index in [2.05, 4.69) is 13.8 Å². The van der Waals surface area contributed by atoms with E-state index in [0.29, 0.717) is 18.4 Å². The lowest BCUT2D eigenvalue weighted by atomic mass is 9.94. The highest BCUT2D eigenvalue weighted by Gasteiger charge is 2.26. The van der Waals surface area contributed by atoms with Crippen LogP contribution < -0.4 is 10.5 Å². The Labute approximate surface area is 157 Å². The molecule has 5 heteroatoms. The van der Waals surface area contributed by atoms with Crippen LogP contribution in [0.2, 0.25) is 0 Å². The number of carbonyl (C=O) groups excluding carboxylic acids is 1. The predicted octanol–water partition coefficient (Wildman–Crippen LogP) is 4.81. The number of amides is 1. The number of piperidine rings is 1. The molecular formula is C21H34N2O3. The van der Waals surface area contributed by atoms with Crippen LogP contribution in [0.15, 0.2) is 18.2 Å². The second-order valence-corrected chi connectivity index (χ2v) is 8.50. The minimum absolute atomic E-state index is 0.198. The van der Waals surface area contributed by atoms with Crippen LogP contribution in [-0.4, -0.2) is 36.3 Å². The van der Waals surface area contributed by atoms with Gasteiger partial charge in [-0.15, -0.1) is 0 Å². The first-order chi connectivity index (χ1) is 12.2. The second kappa shape index (κ2) is 8.65. The van der Waals surface area contributed by atoms with Crippen LogP contribution in [0.25, 0.3) is 0 Å². The minimum Gasteiger partial charge on any atom is -0.493 e. The molecule has 1 amide bonds. The van der Waals surface area contributed by atoms with E-state index in [-0.39, 0.29) is 6.09 Å². The molecule has 1 aliphatic heterocycles. The Bertz CT molecular complexity index is 600. The summed E-state index contributed by atoms with van der Waals surface area (Å²) in [6.45, 7) is 12.2. The first kappa shape index (κ1) is 20.4. The summed E-state index contributed by atoms with van der Waals surface area (Å²) in [5.74, 6) is 1.90. The second-order valence-electron chi connectivity index (χ2n) is 8.50. The highest BCUT2D eigenvalue weighted by Crippen LogP contribution is 2.29. The van der Waals surface area contributed by atoms with Crippen molar-refractivity contribution in [2.24, 2.45) is 5.92 Å². The summed E-state index contributed by atoms with van der Waals surface area (Å²) in [4.78, 5) is 13.9. The number of likely N-dealkylation sites (tertiary alicyclic amines) is 1. The standard InChI is InChI=1S/C21H34N2O3/c1-15(2)18-14-17(22)6-7-19(18)25-13-10-16-8-11-23(12-9-16)20(24)26-21(3,4)5/h6-7,14-16H,8-13,22H2,1-5H3. The van der Waals surface area contributed by atoms with E-state index in [1.807, 2.05) is 43.9 Å². The molecule has 1 aromatic rings. The number of ether oxygens (including phenoxy) is 2. The maximum absolute atomic E-state index is 12.1. The van der Waals surface area contributed by atoms with Crippen molar-refractivity contribution in [2.75, 3.05) is 25.4 Å². The third-order valence-electron chi connectivity index (χ3n) is 4.71. The zero-order valence-electron chi connectivity index (χ0n) is 16.9. The predicted molar refractivity (Wildman–Crippen MR) is 106 cm³/mol. The number of nitrogen functional groups attached to an aromatic ring is 1.